The van der Waals surface area contributed by atoms with Gasteiger partial charge in [-0.05, 0) is 57.8 Å². The van der Waals surface area contributed by atoms with Crippen molar-refractivity contribution in [1.82, 2.24) is 5.32 Å². The Morgan fingerprint density at radius 3 is 1.10 bits per heavy atom. The van der Waals surface area contributed by atoms with Crippen molar-refractivity contribution >= 4 is 5.91 Å². The Kier molecular flexibility index (Phi) is 49.8. The van der Waals surface area contributed by atoms with Crippen LogP contribution in [0, 0.1) is 0 Å². The van der Waals surface area contributed by atoms with Gasteiger partial charge in [0.25, 0.3) is 0 Å². The average Bonchev–Trinajstić information content (AvgIpc) is 3.25. The second kappa shape index (κ2) is 51.4. The number of carbonyl (C=O) groups is 1. The van der Waals surface area contributed by atoms with E-state index < -0.39 is 12.1 Å². The molecular weight excluding hydrogens is 735 g/mol. The van der Waals surface area contributed by atoms with Crippen molar-refractivity contribution in [3.63, 3.8) is 0 Å². The largest absolute Gasteiger partial charge is 0.394 e. The number of aliphatic hydroxyl groups excluding tert-OH is 2. The molecule has 4 heteroatoms. The standard InChI is InChI=1S/C56H103NO3/c1-3-5-7-9-11-12-13-14-15-16-17-18-19-20-21-22-23-24-25-26-27-28-29-30-31-32-33-34-35-36-37-38-39-40-41-42-43-44-46-48-50-52-56(60)57-54(53-58)55(59)51-49-47-45-10-8-6-4-2/h5,7,11-12,14-15,17-18,49,51,54-55,58-59H,3-4,6,8-10,13,16,19-48,50,52-53H2,1-2H3,(H,57,60)/b7-5-,12-11-,15-14-,18-17-,51-49+. The Balaban J connectivity index is 3.32. The Labute approximate surface area is 375 Å². The van der Waals surface area contributed by atoms with Crippen LogP contribution in [-0.2, 0) is 4.79 Å². The van der Waals surface area contributed by atoms with Gasteiger partial charge in [-0.2, -0.15) is 0 Å². The van der Waals surface area contributed by atoms with Crippen molar-refractivity contribution in [1.29, 1.82) is 0 Å². The van der Waals surface area contributed by atoms with Gasteiger partial charge in [-0.15, -0.1) is 0 Å². The fourth-order valence-electron chi connectivity index (χ4n) is 7.99. The molecule has 0 radical (unpaired) electrons. The summed E-state index contributed by atoms with van der Waals surface area (Å²) in [5.74, 6) is -0.0652. The molecule has 2 unspecified atom stereocenters. The van der Waals surface area contributed by atoms with E-state index in [0.29, 0.717) is 6.42 Å². The van der Waals surface area contributed by atoms with E-state index in [1.807, 2.05) is 6.08 Å². The van der Waals surface area contributed by atoms with Gasteiger partial charge in [0.2, 0.25) is 5.91 Å². The molecule has 0 heterocycles. The van der Waals surface area contributed by atoms with Gasteiger partial charge in [-0.25, -0.2) is 0 Å². The third-order valence-corrected chi connectivity index (χ3v) is 12.0. The first-order valence-electron chi connectivity index (χ1n) is 26.5. The normalized spacial score (nSPS) is 13.3. The van der Waals surface area contributed by atoms with E-state index in [4.69, 9.17) is 0 Å². The summed E-state index contributed by atoms with van der Waals surface area (Å²) in [5.41, 5.74) is 0. The maximum Gasteiger partial charge on any atom is 0.220 e. The van der Waals surface area contributed by atoms with Gasteiger partial charge in [0.15, 0.2) is 0 Å². The minimum atomic E-state index is -0.834. The summed E-state index contributed by atoms with van der Waals surface area (Å²) in [6.07, 6.45) is 72.7. The lowest BCUT2D eigenvalue weighted by atomic mass is 10.0. The number of allylic oxidation sites excluding steroid dienone is 9. The lowest BCUT2D eigenvalue weighted by molar-refractivity contribution is -0.123. The molecule has 0 saturated carbocycles. The summed E-state index contributed by atoms with van der Waals surface area (Å²) in [6, 6.07) is -0.617. The SMILES string of the molecule is CC/C=C\C/C=C\C/C=C\C/C=C\CCCCCCCCCCCCCCCCCCCCCCCCCCCCCCC(=O)NC(CO)C(O)/C=C/CCCCCCC. The maximum absolute atomic E-state index is 12.3. The molecule has 0 aliphatic carbocycles. The Bertz CT molecular complexity index is 996. The highest BCUT2D eigenvalue weighted by Crippen LogP contribution is 2.17. The molecule has 0 aromatic rings. The van der Waals surface area contributed by atoms with Crippen molar-refractivity contribution in [3.8, 4) is 0 Å². The van der Waals surface area contributed by atoms with Gasteiger partial charge < -0.3 is 15.5 Å². The van der Waals surface area contributed by atoms with Crippen molar-refractivity contribution in [2.24, 2.45) is 0 Å². The molecule has 0 aliphatic heterocycles. The van der Waals surface area contributed by atoms with Gasteiger partial charge in [0.1, 0.15) is 0 Å². The second-order valence-corrected chi connectivity index (χ2v) is 17.9. The van der Waals surface area contributed by atoms with Crippen LogP contribution in [0.4, 0.5) is 0 Å². The molecule has 0 saturated heterocycles. The smallest absolute Gasteiger partial charge is 0.220 e. The highest BCUT2D eigenvalue weighted by molar-refractivity contribution is 5.76. The van der Waals surface area contributed by atoms with E-state index >= 15 is 0 Å². The van der Waals surface area contributed by atoms with E-state index in [2.05, 4.69) is 67.8 Å². The van der Waals surface area contributed by atoms with Gasteiger partial charge >= 0.3 is 0 Å². The van der Waals surface area contributed by atoms with Crippen molar-refractivity contribution in [3.05, 3.63) is 60.8 Å². The highest BCUT2D eigenvalue weighted by atomic mass is 16.3. The van der Waals surface area contributed by atoms with Crippen LogP contribution in [0.1, 0.15) is 271 Å². The monoisotopic (exact) mass is 838 g/mol. The molecule has 0 aromatic carbocycles. The Hall–Kier alpha value is -1.91. The summed E-state index contributed by atoms with van der Waals surface area (Å²) in [4.78, 5) is 12.3. The molecule has 1 amide bonds. The highest BCUT2D eigenvalue weighted by Gasteiger charge is 2.18. The van der Waals surface area contributed by atoms with Crippen molar-refractivity contribution in [2.45, 2.75) is 283 Å². The van der Waals surface area contributed by atoms with Gasteiger partial charge in [0.05, 0.1) is 18.8 Å². The molecule has 0 aliphatic rings. The van der Waals surface area contributed by atoms with E-state index in [0.717, 1.165) is 51.4 Å². The molecule has 60 heavy (non-hydrogen) atoms. The fraction of sp³-hybridized carbons (Fsp3) is 0.804. The Morgan fingerprint density at radius 2 is 0.733 bits per heavy atom. The number of nitrogens with one attached hydrogen (secondary N) is 1. The summed E-state index contributed by atoms with van der Waals surface area (Å²) >= 11 is 0. The van der Waals surface area contributed by atoms with Crippen LogP contribution in [0.25, 0.3) is 0 Å². The summed E-state index contributed by atoms with van der Waals surface area (Å²) in [5, 5.41) is 22.8. The molecule has 2 atom stereocenters. The zero-order valence-corrected chi connectivity index (χ0v) is 40.2. The number of unbranched alkanes of at least 4 members (excludes halogenated alkanes) is 33. The zero-order chi connectivity index (χ0) is 43.5. The molecule has 0 bridgehead atoms. The predicted octanol–water partition coefficient (Wildman–Crippen LogP) is 17.2. The number of amides is 1. The van der Waals surface area contributed by atoms with E-state index in [1.54, 1.807) is 6.08 Å². The van der Waals surface area contributed by atoms with Crippen LogP contribution in [0.3, 0.4) is 0 Å². The molecule has 0 rings (SSSR count). The molecule has 3 N–H and O–H groups in total. The number of aliphatic hydroxyl groups is 2. The molecule has 0 aromatic heterocycles. The third-order valence-electron chi connectivity index (χ3n) is 12.0. The number of hydrogen-bond donors (Lipinski definition) is 3. The van der Waals surface area contributed by atoms with E-state index in [1.165, 1.54) is 199 Å². The lowest BCUT2D eigenvalue weighted by Gasteiger charge is -2.20. The average molecular weight is 838 g/mol. The van der Waals surface area contributed by atoms with Crippen LogP contribution >= 0.6 is 0 Å². The number of rotatable bonds is 48. The van der Waals surface area contributed by atoms with Crippen molar-refractivity contribution < 1.29 is 15.0 Å². The lowest BCUT2D eigenvalue weighted by Crippen LogP contribution is -2.45. The predicted molar refractivity (Wildman–Crippen MR) is 267 cm³/mol. The quantitative estimate of drug-likeness (QED) is 0.0422. The Morgan fingerprint density at radius 1 is 0.417 bits per heavy atom. The van der Waals surface area contributed by atoms with Gasteiger partial charge in [-0.1, -0.05) is 267 Å². The van der Waals surface area contributed by atoms with Crippen molar-refractivity contribution in [2.75, 3.05) is 6.61 Å². The molecular formula is C56H103NO3. The summed E-state index contributed by atoms with van der Waals surface area (Å²) in [7, 11) is 0. The third kappa shape index (κ3) is 47.1. The van der Waals surface area contributed by atoms with Crippen LogP contribution in [0.5, 0.6) is 0 Å². The fourth-order valence-corrected chi connectivity index (χ4v) is 7.99. The number of carbonyl (C=O) groups excluding carboxylic acids is 1. The first-order valence-corrected chi connectivity index (χ1v) is 26.5. The topological polar surface area (TPSA) is 69.6 Å². The molecule has 0 fully saturated rings. The minimum Gasteiger partial charge on any atom is -0.394 e. The molecule has 4 nitrogen and oxygen atoms in total. The van der Waals surface area contributed by atoms with E-state index in [-0.39, 0.29) is 12.5 Å². The van der Waals surface area contributed by atoms with Crippen LogP contribution in [-0.4, -0.2) is 34.9 Å². The first-order chi connectivity index (χ1) is 29.7. The van der Waals surface area contributed by atoms with E-state index in [9.17, 15) is 15.0 Å². The molecule has 350 valence electrons. The van der Waals surface area contributed by atoms with Crippen LogP contribution in [0.15, 0.2) is 60.8 Å². The maximum atomic E-state index is 12.3. The van der Waals surface area contributed by atoms with Gasteiger partial charge in [-0.3, -0.25) is 4.79 Å². The first kappa shape index (κ1) is 58.1. The van der Waals surface area contributed by atoms with Gasteiger partial charge in [0, 0.05) is 6.42 Å². The van der Waals surface area contributed by atoms with Crippen LogP contribution < -0.4 is 5.32 Å². The number of hydrogen-bond acceptors (Lipinski definition) is 3. The minimum absolute atomic E-state index is 0.0652. The summed E-state index contributed by atoms with van der Waals surface area (Å²) in [6.45, 7) is 4.15. The molecule has 0 spiro atoms. The zero-order valence-electron chi connectivity index (χ0n) is 40.2. The van der Waals surface area contributed by atoms with Crippen LogP contribution in [0.2, 0.25) is 0 Å². The summed E-state index contributed by atoms with van der Waals surface area (Å²) < 4.78 is 0. The second-order valence-electron chi connectivity index (χ2n) is 17.9.